The van der Waals surface area contributed by atoms with Gasteiger partial charge in [0.05, 0.1) is 30.2 Å². The minimum atomic E-state index is -0.969. The fraction of sp³-hybridized carbons (Fsp3) is 0.423. The van der Waals surface area contributed by atoms with Crippen molar-refractivity contribution < 1.29 is 46.4 Å². The van der Waals surface area contributed by atoms with Gasteiger partial charge in [0.1, 0.15) is 55.2 Å². The number of fused-ring (bicyclic) bond motifs is 3. The first-order valence-corrected chi connectivity index (χ1v) is 23.1. The number of alkyl halides is 1. The van der Waals surface area contributed by atoms with E-state index in [1.165, 1.54) is 12.3 Å². The summed E-state index contributed by atoms with van der Waals surface area (Å²) in [5, 5.41) is 0.966. The van der Waals surface area contributed by atoms with Gasteiger partial charge in [-0.1, -0.05) is 66.7 Å². The molecule has 0 spiro atoms. The quantitative estimate of drug-likeness (QED) is 0.0917. The summed E-state index contributed by atoms with van der Waals surface area (Å²) in [7, 11) is 0. The van der Waals surface area contributed by atoms with Crippen LogP contribution in [0.2, 0.25) is 0 Å². The molecule has 3 saturated heterocycles. The van der Waals surface area contributed by atoms with Crippen LogP contribution in [0.4, 0.5) is 18.0 Å². The van der Waals surface area contributed by atoms with Crippen LogP contribution >= 0.6 is 0 Å². The van der Waals surface area contributed by atoms with Crippen molar-refractivity contribution in [3.8, 4) is 34.6 Å². The number of hydrogen-bond donors (Lipinski definition) is 0. The van der Waals surface area contributed by atoms with Gasteiger partial charge in [0, 0.05) is 36.7 Å². The molecule has 12 nitrogen and oxygen atoms in total. The normalized spacial score (nSPS) is 19.9. The summed E-state index contributed by atoms with van der Waals surface area (Å²) in [5.74, 6) is -1.18. The number of hydrogen-bond acceptors (Lipinski definition) is 11. The monoisotopic (exact) mass is 919 g/mol. The maximum Gasteiger partial charge on any atom is 0.410 e. The van der Waals surface area contributed by atoms with E-state index in [9.17, 15) is 9.18 Å². The van der Waals surface area contributed by atoms with Crippen LogP contribution in [0.15, 0.2) is 91.1 Å². The molecule has 0 aliphatic carbocycles. The van der Waals surface area contributed by atoms with Gasteiger partial charge in [-0.05, 0) is 94.1 Å². The molecule has 0 bridgehead atoms. The molecule has 3 aliphatic heterocycles. The second kappa shape index (κ2) is 20.0. The van der Waals surface area contributed by atoms with E-state index >= 15 is 8.78 Å². The Morgan fingerprint density at radius 3 is 2.36 bits per heavy atom. The second-order valence-electron chi connectivity index (χ2n) is 18.6. The zero-order valence-electron chi connectivity index (χ0n) is 38.1. The summed E-state index contributed by atoms with van der Waals surface area (Å²) in [6.45, 7) is 8.03. The highest BCUT2D eigenvalue weighted by atomic mass is 19.1. The molecule has 0 N–H and O–H groups in total. The summed E-state index contributed by atoms with van der Waals surface area (Å²) >= 11 is 0. The van der Waals surface area contributed by atoms with Crippen molar-refractivity contribution in [2.75, 3.05) is 46.0 Å². The SMILES string of the molecule is CC(C)(C)OC(=O)N1CCCC[C@@H](OCCOc2c(F)ccc3cc(OCc4ccccc4)cc(-c4ncc5c(OCc6ccccc6)nc(OC[C@@]67CCCN6C[C@H](F)C7)nc5c4F)c23)C1. The number of aromatic nitrogens is 3. The Balaban J connectivity index is 1.06. The van der Waals surface area contributed by atoms with Crippen LogP contribution in [0, 0.1) is 11.6 Å². The van der Waals surface area contributed by atoms with Crippen LogP contribution in [-0.2, 0) is 22.7 Å². The number of pyridine rings is 1. The van der Waals surface area contributed by atoms with Gasteiger partial charge in [0.2, 0.25) is 5.88 Å². The molecule has 0 radical (unpaired) electrons. The lowest BCUT2D eigenvalue weighted by molar-refractivity contribution is -0.00491. The Bertz CT molecular complexity index is 2690. The number of ether oxygens (including phenoxy) is 6. The number of carbonyl (C=O) groups is 1. The Hall–Kier alpha value is -6.19. The zero-order chi connectivity index (χ0) is 46.5. The molecule has 1 amide bonds. The molecule has 0 unspecified atom stereocenters. The topological polar surface area (TPSA) is 118 Å². The average Bonchev–Trinajstić information content (AvgIpc) is 3.73. The molecule has 0 saturated carbocycles. The molecule has 15 heteroatoms. The van der Waals surface area contributed by atoms with E-state index in [2.05, 4.69) is 19.9 Å². The lowest BCUT2D eigenvalue weighted by Gasteiger charge is -2.30. The predicted molar refractivity (Wildman–Crippen MR) is 247 cm³/mol. The van der Waals surface area contributed by atoms with E-state index in [0.29, 0.717) is 37.2 Å². The first-order valence-electron chi connectivity index (χ1n) is 23.1. The van der Waals surface area contributed by atoms with Crippen molar-refractivity contribution in [3.63, 3.8) is 0 Å². The van der Waals surface area contributed by atoms with Gasteiger partial charge in [-0.15, -0.1) is 0 Å². The standard InChI is InChI=1S/C52H56F3N5O7/c1-51(2,3)67-50(61)59-21-11-10-17-38(30-59)62-23-24-63-47-42(54)19-18-36-25-39(64-31-34-13-6-4-7-14-34)26-40(43(36)47)45-44(55)46-41(28-56-45)48(65-32-35-15-8-5-9-16-35)58-49(57-46)66-33-52-20-12-22-60(52)29-37(53)27-52/h4-9,13-16,18-19,25-26,28,37-38H,10-12,17,20-24,27,29-33H2,1-3H3/t37-,38-,52+/m1/s1. The molecule has 352 valence electrons. The van der Waals surface area contributed by atoms with E-state index in [-0.39, 0.29) is 84.3 Å². The highest BCUT2D eigenvalue weighted by molar-refractivity contribution is 6.03. The Labute approximate surface area is 388 Å². The van der Waals surface area contributed by atoms with Crippen molar-refractivity contribution in [2.45, 2.75) is 95.9 Å². The first kappa shape index (κ1) is 45.9. The fourth-order valence-electron chi connectivity index (χ4n) is 9.37. The van der Waals surface area contributed by atoms with E-state index in [1.807, 2.05) is 81.4 Å². The highest BCUT2D eigenvalue weighted by Gasteiger charge is 2.49. The smallest absolute Gasteiger partial charge is 0.410 e. The van der Waals surface area contributed by atoms with Gasteiger partial charge in [0.25, 0.3) is 0 Å². The summed E-state index contributed by atoms with van der Waals surface area (Å²) in [4.78, 5) is 30.6. The van der Waals surface area contributed by atoms with Crippen molar-refractivity contribution in [3.05, 3.63) is 114 Å². The van der Waals surface area contributed by atoms with Crippen molar-refractivity contribution in [1.82, 2.24) is 24.8 Å². The third kappa shape index (κ3) is 10.7. The molecule has 9 rings (SSSR count). The zero-order valence-corrected chi connectivity index (χ0v) is 38.1. The Kier molecular flexibility index (Phi) is 13.7. The molecule has 2 aromatic heterocycles. The fourth-order valence-corrected chi connectivity index (χ4v) is 9.37. The third-order valence-corrected chi connectivity index (χ3v) is 12.5. The second-order valence-corrected chi connectivity index (χ2v) is 18.6. The predicted octanol–water partition coefficient (Wildman–Crippen LogP) is 10.4. The molecule has 6 aromatic rings. The largest absolute Gasteiger partial charge is 0.489 e. The van der Waals surface area contributed by atoms with E-state index in [1.54, 1.807) is 23.1 Å². The lowest BCUT2D eigenvalue weighted by atomic mass is 9.95. The van der Waals surface area contributed by atoms with E-state index < -0.39 is 35.0 Å². The van der Waals surface area contributed by atoms with E-state index in [0.717, 1.165) is 49.8 Å². The molecular formula is C52H56F3N5O7. The number of likely N-dealkylation sites (tertiary alicyclic amines) is 1. The van der Waals surface area contributed by atoms with Crippen LogP contribution in [0.25, 0.3) is 32.9 Å². The highest BCUT2D eigenvalue weighted by Crippen LogP contribution is 2.43. The molecule has 4 aromatic carbocycles. The number of benzene rings is 4. The average molecular weight is 920 g/mol. The number of carbonyl (C=O) groups excluding carboxylic acids is 1. The molecule has 3 fully saturated rings. The summed E-state index contributed by atoms with van der Waals surface area (Å²) in [6, 6.07) is 25.2. The van der Waals surface area contributed by atoms with Crippen LogP contribution in [-0.4, -0.2) is 100 Å². The minimum Gasteiger partial charge on any atom is -0.489 e. The number of amides is 1. The molecule has 5 heterocycles. The van der Waals surface area contributed by atoms with Crippen molar-refractivity contribution >= 4 is 27.8 Å². The van der Waals surface area contributed by atoms with Crippen LogP contribution in [0.3, 0.4) is 0 Å². The van der Waals surface area contributed by atoms with Crippen LogP contribution in [0.1, 0.15) is 70.4 Å². The molecule has 3 aliphatic rings. The Morgan fingerprint density at radius 2 is 1.60 bits per heavy atom. The maximum absolute atomic E-state index is 17.6. The third-order valence-electron chi connectivity index (χ3n) is 12.5. The number of halogens is 3. The molecule has 3 atom stereocenters. The van der Waals surface area contributed by atoms with E-state index in [4.69, 9.17) is 28.4 Å². The summed E-state index contributed by atoms with van der Waals surface area (Å²) < 4.78 is 85.3. The number of rotatable bonds is 15. The first-order chi connectivity index (χ1) is 32.4. The maximum atomic E-state index is 17.6. The van der Waals surface area contributed by atoms with Gasteiger partial charge >= 0.3 is 12.1 Å². The number of nitrogens with zero attached hydrogens (tertiary/aromatic N) is 5. The van der Waals surface area contributed by atoms with Gasteiger partial charge < -0.3 is 33.3 Å². The lowest BCUT2D eigenvalue weighted by Crippen LogP contribution is -2.43. The summed E-state index contributed by atoms with van der Waals surface area (Å²) in [5.41, 5.74) is 0.551. The Morgan fingerprint density at radius 1 is 0.836 bits per heavy atom. The van der Waals surface area contributed by atoms with Crippen molar-refractivity contribution in [2.24, 2.45) is 0 Å². The minimum absolute atomic E-state index is 0.0452. The molecule has 67 heavy (non-hydrogen) atoms. The van der Waals surface area contributed by atoms with Gasteiger partial charge in [-0.2, -0.15) is 9.97 Å². The molecular weight excluding hydrogens is 864 g/mol. The van der Waals surface area contributed by atoms with Crippen LogP contribution < -0.4 is 18.9 Å². The van der Waals surface area contributed by atoms with Gasteiger partial charge in [-0.25, -0.2) is 18.0 Å². The van der Waals surface area contributed by atoms with Crippen LogP contribution in [0.5, 0.6) is 23.4 Å². The van der Waals surface area contributed by atoms with Gasteiger partial charge in [-0.3, -0.25) is 9.88 Å². The van der Waals surface area contributed by atoms with Gasteiger partial charge in [0.15, 0.2) is 17.4 Å². The van der Waals surface area contributed by atoms with Crippen molar-refractivity contribution in [1.29, 1.82) is 0 Å². The summed E-state index contributed by atoms with van der Waals surface area (Å²) in [6.07, 6.45) is 4.22.